The van der Waals surface area contributed by atoms with Gasteiger partial charge in [-0.05, 0) is 56.0 Å². The average molecular weight is 549 g/mol. The second kappa shape index (κ2) is 10.3. The molecule has 6 aromatic heterocycles. The zero-order valence-electron chi connectivity index (χ0n) is 22.1. The molecule has 1 aliphatic carbocycles. The number of pyridine rings is 3. The van der Waals surface area contributed by atoms with Crippen molar-refractivity contribution in [2.24, 2.45) is 5.92 Å². The van der Waals surface area contributed by atoms with Gasteiger partial charge in [-0.25, -0.2) is 15.0 Å². The molecule has 6 aromatic rings. The molecular formula is C30H28N8OS. The molecule has 0 radical (unpaired) electrons. The molecule has 0 unspecified atom stereocenters. The third-order valence-electron chi connectivity index (χ3n) is 7.60. The molecule has 0 aliphatic heterocycles. The Hall–Kier alpha value is -4.44. The van der Waals surface area contributed by atoms with E-state index in [0.29, 0.717) is 35.1 Å². The number of carbonyl (C=O) groups excluding carboxylic acids is 1. The predicted octanol–water partition coefficient (Wildman–Crippen LogP) is 6.90. The standard InChI is InChI=1S/C30H28N8OS/c1-17-7-8-24(40-17)22-9-10-32-29-26(22)35-30(36-29)27-23-13-20(15-33-28(23)38-37-27)19-12-21(16-31-14-19)34-25(39)11-18-5-3-2-4-6-18/h7-10,12-16,18H,2-6,11H2,1H3,(H,34,39)(H,32,35,36)(H,33,37,38). The van der Waals surface area contributed by atoms with Crippen molar-refractivity contribution >= 4 is 45.1 Å². The Morgan fingerprint density at radius 3 is 2.75 bits per heavy atom. The Balaban J connectivity index is 1.19. The minimum atomic E-state index is 0.0483. The average Bonchev–Trinajstić information content (AvgIpc) is 3.71. The number of rotatable bonds is 6. The van der Waals surface area contributed by atoms with E-state index in [9.17, 15) is 4.79 Å². The van der Waals surface area contributed by atoms with E-state index >= 15 is 0 Å². The summed E-state index contributed by atoms with van der Waals surface area (Å²) in [6.07, 6.45) is 13.6. The van der Waals surface area contributed by atoms with Crippen molar-refractivity contribution in [3.8, 4) is 33.1 Å². The minimum absolute atomic E-state index is 0.0483. The first-order valence-corrected chi connectivity index (χ1v) is 14.4. The van der Waals surface area contributed by atoms with Crippen molar-refractivity contribution in [2.75, 3.05) is 5.32 Å². The number of aryl methyl sites for hydroxylation is 1. The number of nitrogens with zero attached hydrogens (tertiary/aromatic N) is 5. The molecule has 6 heterocycles. The van der Waals surface area contributed by atoms with Crippen molar-refractivity contribution in [3.05, 3.63) is 60.0 Å². The number of carbonyl (C=O) groups is 1. The van der Waals surface area contributed by atoms with Crippen molar-refractivity contribution in [1.29, 1.82) is 0 Å². The predicted molar refractivity (Wildman–Crippen MR) is 158 cm³/mol. The maximum absolute atomic E-state index is 12.7. The molecule has 9 nitrogen and oxygen atoms in total. The molecule has 0 spiro atoms. The fourth-order valence-corrected chi connectivity index (χ4v) is 6.48. The summed E-state index contributed by atoms with van der Waals surface area (Å²) in [6.45, 7) is 2.10. The van der Waals surface area contributed by atoms with Crippen LogP contribution < -0.4 is 5.32 Å². The van der Waals surface area contributed by atoms with Gasteiger partial charge in [-0.1, -0.05) is 19.3 Å². The second-order valence-corrected chi connectivity index (χ2v) is 11.8. The normalized spacial score (nSPS) is 14.2. The van der Waals surface area contributed by atoms with Gasteiger partial charge in [-0.2, -0.15) is 5.10 Å². The Bertz CT molecular complexity index is 1850. The highest BCUT2D eigenvalue weighted by molar-refractivity contribution is 7.15. The second-order valence-electron chi connectivity index (χ2n) is 10.5. The number of fused-ring (bicyclic) bond motifs is 2. The Morgan fingerprint density at radius 2 is 1.90 bits per heavy atom. The van der Waals surface area contributed by atoms with E-state index in [-0.39, 0.29) is 5.91 Å². The van der Waals surface area contributed by atoms with Crippen molar-refractivity contribution < 1.29 is 4.79 Å². The molecule has 0 atom stereocenters. The number of amides is 1. The Labute approximate surface area is 234 Å². The summed E-state index contributed by atoms with van der Waals surface area (Å²) in [5, 5.41) is 11.4. The fraction of sp³-hybridized carbons (Fsp3) is 0.267. The van der Waals surface area contributed by atoms with Crippen LogP contribution in [0.15, 0.2) is 55.1 Å². The van der Waals surface area contributed by atoms with Crippen molar-refractivity contribution in [1.82, 2.24) is 35.1 Å². The third-order valence-corrected chi connectivity index (χ3v) is 8.63. The van der Waals surface area contributed by atoms with Crippen LogP contribution in [0, 0.1) is 12.8 Å². The molecule has 40 heavy (non-hydrogen) atoms. The molecule has 1 saturated carbocycles. The number of aromatic amines is 2. The Morgan fingerprint density at radius 1 is 1.02 bits per heavy atom. The van der Waals surface area contributed by atoms with Crippen LogP contribution in [0.3, 0.4) is 0 Å². The van der Waals surface area contributed by atoms with Gasteiger partial charge in [-0.3, -0.25) is 14.9 Å². The third kappa shape index (κ3) is 4.75. The lowest BCUT2D eigenvalue weighted by Gasteiger charge is -2.20. The van der Waals surface area contributed by atoms with Gasteiger partial charge >= 0.3 is 0 Å². The summed E-state index contributed by atoms with van der Waals surface area (Å²) in [5.74, 6) is 1.17. The van der Waals surface area contributed by atoms with E-state index in [1.165, 1.54) is 24.1 Å². The van der Waals surface area contributed by atoms with Crippen LogP contribution >= 0.6 is 11.3 Å². The van der Waals surface area contributed by atoms with Gasteiger partial charge in [0.05, 0.1) is 22.8 Å². The molecule has 3 N–H and O–H groups in total. The van der Waals surface area contributed by atoms with Gasteiger partial charge in [0.1, 0.15) is 5.69 Å². The number of thiophene rings is 1. The number of aromatic nitrogens is 7. The molecule has 1 aliphatic rings. The number of hydrogen-bond donors (Lipinski definition) is 3. The zero-order chi connectivity index (χ0) is 27.1. The van der Waals surface area contributed by atoms with Crippen LogP contribution in [0.25, 0.3) is 55.3 Å². The van der Waals surface area contributed by atoms with E-state index in [2.05, 4.69) is 54.5 Å². The Kier molecular flexibility index (Phi) is 6.31. The smallest absolute Gasteiger partial charge is 0.224 e. The summed E-state index contributed by atoms with van der Waals surface area (Å²) >= 11 is 1.74. The van der Waals surface area contributed by atoms with E-state index < -0.39 is 0 Å². The quantitative estimate of drug-likeness (QED) is 0.208. The zero-order valence-corrected chi connectivity index (χ0v) is 22.9. The summed E-state index contributed by atoms with van der Waals surface area (Å²) in [7, 11) is 0. The largest absolute Gasteiger partial charge is 0.335 e. The molecule has 10 heteroatoms. The number of nitrogens with one attached hydrogen (secondary N) is 3. The molecular weight excluding hydrogens is 520 g/mol. The SMILES string of the molecule is Cc1ccc(-c2ccnc3nc(-c4[nH]nc5ncc(-c6cncc(NC(=O)CC7CCCCC7)c6)cc45)[nH]c23)s1. The molecule has 0 aromatic carbocycles. The summed E-state index contributed by atoms with van der Waals surface area (Å²) in [5.41, 5.74) is 6.34. The van der Waals surface area contributed by atoms with Gasteiger partial charge in [0.2, 0.25) is 5.91 Å². The van der Waals surface area contributed by atoms with E-state index in [1.54, 1.807) is 36.1 Å². The van der Waals surface area contributed by atoms with Crippen LogP contribution in [-0.4, -0.2) is 41.0 Å². The molecule has 200 valence electrons. The lowest BCUT2D eigenvalue weighted by atomic mass is 9.87. The summed E-state index contributed by atoms with van der Waals surface area (Å²) < 4.78 is 0. The van der Waals surface area contributed by atoms with Crippen LogP contribution in [0.1, 0.15) is 43.4 Å². The number of H-pyrrole nitrogens is 2. The highest BCUT2D eigenvalue weighted by atomic mass is 32.1. The highest BCUT2D eigenvalue weighted by Crippen LogP contribution is 2.34. The van der Waals surface area contributed by atoms with Crippen molar-refractivity contribution in [2.45, 2.75) is 45.4 Å². The van der Waals surface area contributed by atoms with Crippen LogP contribution in [0.2, 0.25) is 0 Å². The minimum Gasteiger partial charge on any atom is -0.335 e. The first-order chi connectivity index (χ1) is 19.6. The molecule has 0 saturated heterocycles. The first-order valence-electron chi connectivity index (χ1n) is 13.6. The molecule has 7 rings (SSSR count). The maximum atomic E-state index is 12.7. The summed E-state index contributed by atoms with van der Waals surface area (Å²) in [4.78, 5) is 36.8. The monoisotopic (exact) mass is 548 g/mol. The van der Waals surface area contributed by atoms with Gasteiger partial charge in [0.15, 0.2) is 17.1 Å². The maximum Gasteiger partial charge on any atom is 0.224 e. The number of anilines is 1. The van der Waals surface area contributed by atoms with Crippen LogP contribution in [0.5, 0.6) is 0 Å². The van der Waals surface area contributed by atoms with Crippen molar-refractivity contribution in [3.63, 3.8) is 0 Å². The van der Waals surface area contributed by atoms with Gasteiger partial charge < -0.3 is 10.3 Å². The molecule has 1 fully saturated rings. The number of imidazole rings is 1. The van der Waals surface area contributed by atoms with Gasteiger partial charge in [-0.15, -0.1) is 11.3 Å². The highest BCUT2D eigenvalue weighted by Gasteiger charge is 2.19. The molecule has 1 amide bonds. The van der Waals surface area contributed by atoms with Gasteiger partial charge in [0, 0.05) is 51.5 Å². The van der Waals surface area contributed by atoms with Crippen LogP contribution in [-0.2, 0) is 4.79 Å². The van der Waals surface area contributed by atoms with E-state index in [1.807, 2.05) is 18.2 Å². The lowest BCUT2D eigenvalue weighted by Crippen LogP contribution is -2.18. The number of hydrogen-bond acceptors (Lipinski definition) is 7. The summed E-state index contributed by atoms with van der Waals surface area (Å²) in [6, 6.07) is 10.2. The van der Waals surface area contributed by atoms with E-state index in [0.717, 1.165) is 51.0 Å². The lowest BCUT2D eigenvalue weighted by molar-refractivity contribution is -0.117. The fourth-order valence-electron chi connectivity index (χ4n) is 5.58. The van der Waals surface area contributed by atoms with Gasteiger partial charge in [0.25, 0.3) is 0 Å². The molecule has 0 bridgehead atoms. The van der Waals surface area contributed by atoms with E-state index in [4.69, 9.17) is 4.98 Å². The first kappa shape index (κ1) is 24.6. The van der Waals surface area contributed by atoms with Crippen LogP contribution in [0.4, 0.5) is 5.69 Å². The topological polar surface area (TPSA) is 125 Å².